The predicted octanol–water partition coefficient (Wildman–Crippen LogP) is 21.1. The number of rotatable bonds is 53. The third-order valence-electron chi connectivity index (χ3n) is 12.2. The third kappa shape index (κ3) is 61.5. The van der Waals surface area contributed by atoms with Gasteiger partial charge in [-0.2, -0.15) is 0 Å². The summed E-state index contributed by atoms with van der Waals surface area (Å²) in [6.45, 7) is 6.32. The normalized spacial score (nSPS) is 13.3. The summed E-state index contributed by atoms with van der Waals surface area (Å²) in [5.41, 5.74) is 0. The van der Waals surface area contributed by atoms with Crippen molar-refractivity contribution in [1.29, 1.82) is 0 Å². The van der Waals surface area contributed by atoms with E-state index in [2.05, 4.69) is 191 Å². The van der Waals surface area contributed by atoms with E-state index in [-0.39, 0.29) is 44.0 Å². The second-order valence-electron chi connectivity index (χ2n) is 19.5. The van der Waals surface area contributed by atoms with Crippen molar-refractivity contribution in [2.75, 3.05) is 13.2 Å². The van der Waals surface area contributed by atoms with Crippen molar-refractivity contribution in [2.24, 2.45) is 0 Å². The van der Waals surface area contributed by atoms with E-state index in [0.717, 1.165) is 135 Å². The van der Waals surface area contributed by atoms with E-state index in [4.69, 9.17) is 14.2 Å². The maximum atomic E-state index is 12.9. The van der Waals surface area contributed by atoms with Gasteiger partial charge >= 0.3 is 17.9 Å². The molecular weight excluding hydrogens is 949 g/mol. The van der Waals surface area contributed by atoms with Crippen molar-refractivity contribution >= 4 is 17.9 Å². The molecule has 1 atom stereocenters. The Morgan fingerprint density at radius 1 is 0.273 bits per heavy atom. The van der Waals surface area contributed by atoms with Crippen LogP contribution in [-0.4, -0.2) is 37.2 Å². The van der Waals surface area contributed by atoms with Gasteiger partial charge in [-0.1, -0.05) is 255 Å². The Labute approximate surface area is 472 Å². The van der Waals surface area contributed by atoms with Crippen molar-refractivity contribution in [3.8, 4) is 0 Å². The van der Waals surface area contributed by atoms with E-state index in [1.165, 1.54) is 51.4 Å². The summed E-state index contributed by atoms with van der Waals surface area (Å²) < 4.78 is 16.8. The van der Waals surface area contributed by atoms with Gasteiger partial charge in [-0.25, -0.2) is 0 Å². The molecule has 0 heterocycles. The molecule has 0 aliphatic heterocycles. The first kappa shape index (κ1) is 71.8. The fraction of sp³-hybridized carbons (Fsp3) is 0.563. The molecule has 0 bridgehead atoms. The molecule has 6 heteroatoms. The topological polar surface area (TPSA) is 78.9 Å². The molecule has 0 aliphatic rings. The first-order valence-corrected chi connectivity index (χ1v) is 30.6. The van der Waals surface area contributed by atoms with Crippen molar-refractivity contribution in [1.82, 2.24) is 0 Å². The van der Waals surface area contributed by atoms with Gasteiger partial charge in [0.15, 0.2) is 6.10 Å². The first-order chi connectivity index (χ1) is 38.0. The highest BCUT2D eigenvalue weighted by Gasteiger charge is 2.19. The van der Waals surface area contributed by atoms with Crippen molar-refractivity contribution < 1.29 is 28.6 Å². The number of ether oxygens (including phenoxy) is 3. The molecule has 0 saturated carbocycles. The molecule has 0 aromatic rings. The Bertz CT molecular complexity index is 1790. The SMILES string of the molecule is CC/C=C\C/C=C\C/C=C\C/C=C\C/C=C\C/C=C\C/C=C\C/C=C\CCCCC(=O)OCC(COC(=O)CCCCCCCCCCCCC)OC(=O)CCCC/C=C\C/C=C\C/C=C\C/C=C\C/C=C\C/C=C\CC. The molecule has 0 aromatic heterocycles. The molecule has 0 radical (unpaired) electrons. The van der Waals surface area contributed by atoms with Crippen molar-refractivity contribution in [3.63, 3.8) is 0 Å². The zero-order valence-electron chi connectivity index (χ0n) is 49.1. The Morgan fingerprint density at radius 2 is 0.506 bits per heavy atom. The van der Waals surface area contributed by atoms with Crippen LogP contribution in [0, 0.1) is 0 Å². The zero-order valence-corrected chi connectivity index (χ0v) is 49.1. The number of esters is 3. The summed E-state index contributed by atoms with van der Waals surface area (Å²) in [6, 6.07) is 0. The molecule has 0 aromatic carbocycles. The lowest BCUT2D eigenvalue weighted by molar-refractivity contribution is -0.167. The molecule has 77 heavy (non-hydrogen) atoms. The lowest BCUT2D eigenvalue weighted by atomic mass is 10.1. The molecule has 430 valence electrons. The van der Waals surface area contributed by atoms with Gasteiger partial charge in [-0.15, -0.1) is 0 Å². The number of allylic oxidation sites excluding steroid dienone is 28. The Kier molecular flexibility index (Phi) is 59.0. The van der Waals surface area contributed by atoms with Crippen molar-refractivity contribution in [2.45, 2.75) is 245 Å². The van der Waals surface area contributed by atoms with Gasteiger partial charge in [-0.3, -0.25) is 14.4 Å². The fourth-order valence-corrected chi connectivity index (χ4v) is 7.69. The first-order valence-electron chi connectivity index (χ1n) is 30.6. The van der Waals surface area contributed by atoms with Gasteiger partial charge in [0.1, 0.15) is 13.2 Å². The molecule has 0 fully saturated rings. The number of unbranched alkanes of at least 4 members (excludes halogenated alkanes) is 14. The van der Waals surface area contributed by atoms with Crippen LogP contribution < -0.4 is 0 Å². The lowest BCUT2D eigenvalue weighted by Gasteiger charge is -2.18. The number of hydrogen-bond acceptors (Lipinski definition) is 6. The standard InChI is InChI=1S/C71H110O6/c1-4-7-10-13-16-19-22-24-26-28-30-32-33-34-35-36-37-39-40-42-44-46-49-52-55-58-61-64-70(73)76-67-68(66-75-69(72)63-60-57-54-51-48-21-18-15-12-9-6-3)77-71(74)65-62-59-56-53-50-47-45-43-41-38-31-29-27-25-23-20-17-14-11-8-5-2/h7-8,10-11,16-17,19-20,24-27,30-32,34-35,37-39,42-45,49-50,52-53,68H,4-6,9,12-15,18,21-23,28-29,33,36,40-41,46-48,51,54-67H2,1-3H3/b10-7-,11-8-,19-16-,20-17-,26-24-,27-25-,32-30-,35-34-,38-31-,39-37-,44-42-,45-43-,52-49-,53-50-. The van der Waals surface area contributed by atoms with Crippen LogP contribution in [0.5, 0.6) is 0 Å². The van der Waals surface area contributed by atoms with Gasteiger partial charge in [-0.05, 0) is 135 Å². The van der Waals surface area contributed by atoms with Crippen LogP contribution in [0.4, 0.5) is 0 Å². The monoisotopic (exact) mass is 1060 g/mol. The van der Waals surface area contributed by atoms with Crippen LogP contribution in [0.25, 0.3) is 0 Å². The van der Waals surface area contributed by atoms with Gasteiger partial charge < -0.3 is 14.2 Å². The van der Waals surface area contributed by atoms with E-state index in [1.54, 1.807) is 0 Å². The minimum atomic E-state index is -0.827. The highest BCUT2D eigenvalue weighted by molar-refractivity contribution is 5.71. The van der Waals surface area contributed by atoms with Gasteiger partial charge in [0.2, 0.25) is 0 Å². The maximum absolute atomic E-state index is 12.9. The fourth-order valence-electron chi connectivity index (χ4n) is 7.69. The van der Waals surface area contributed by atoms with Crippen LogP contribution >= 0.6 is 0 Å². The van der Waals surface area contributed by atoms with Crippen LogP contribution in [0.3, 0.4) is 0 Å². The molecule has 0 rings (SSSR count). The summed E-state index contributed by atoms with van der Waals surface area (Å²) in [5.74, 6) is -1.01. The van der Waals surface area contributed by atoms with E-state index < -0.39 is 6.10 Å². The zero-order chi connectivity index (χ0) is 55.7. The number of carbonyl (C=O) groups excluding carboxylic acids is 3. The Morgan fingerprint density at radius 3 is 0.792 bits per heavy atom. The summed E-state index contributed by atoms with van der Waals surface area (Å²) in [5, 5.41) is 0. The van der Waals surface area contributed by atoms with Crippen LogP contribution in [-0.2, 0) is 28.6 Å². The van der Waals surface area contributed by atoms with E-state index in [0.29, 0.717) is 19.3 Å². The highest BCUT2D eigenvalue weighted by Crippen LogP contribution is 2.13. The number of hydrogen-bond donors (Lipinski definition) is 0. The molecule has 0 saturated heterocycles. The summed E-state index contributed by atoms with van der Waals surface area (Å²) in [4.78, 5) is 38.2. The lowest BCUT2D eigenvalue weighted by Crippen LogP contribution is -2.30. The third-order valence-corrected chi connectivity index (χ3v) is 12.2. The average Bonchev–Trinajstić information content (AvgIpc) is 3.43. The summed E-state index contributed by atoms with van der Waals surface area (Å²) in [6.07, 6.45) is 93.6. The van der Waals surface area contributed by atoms with E-state index in [1.807, 2.05) is 0 Å². The predicted molar refractivity (Wildman–Crippen MR) is 334 cm³/mol. The quantitative estimate of drug-likeness (QED) is 0.0261. The molecule has 0 amide bonds. The number of carbonyl (C=O) groups is 3. The molecule has 0 aliphatic carbocycles. The van der Waals surface area contributed by atoms with Crippen LogP contribution in [0.1, 0.15) is 239 Å². The largest absolute Gasteiger partial charge is 0.462 e. The summed E-state index contributed by atoms with van der Waals surface area (Å²) in [7, 11) is 0. The summed E-state index contributed by atoms with van der Waals surface area (Å²) >= 11 is 0. The van der Waals surface area contributed by atoms with Crippen molar-refractivity contribution in [3.05, 3.63) is 170 Å². The van der Waals surface area contributed by atoms with Gasteiger partial charge in [0.25, 0.3) is 0 Å². The van der Waals surface area contributed by atoms with Crippen LogP contribution in [0.15, 0.2) is 170 Å². The van der Waals surface area contributed by atoms with Gasteiger partial charge in [0, 0.05) is 19.3 Å². The second-order valence-corrected chi connectivity index (χ2v) is 19.5. The average molecular weight is 1060 g/mol. The molecule has 1 unspecified atom stereocenters. The molecule has 6 nitrogen and oxygen atoms in total. The minimum absolute atomic E-state index is 0.116. The molecular formula is C71H110O6. The highest BCUT2D eigenvalue weighted by atomic mass is 16.6. The Balaban J connectivity index is 4.51. The smallest absolute Gasteiger partial charge is 0.306 e. The molecule has 0 spiro atoms. The van der Waals surface area contributed by atoms with Gasteiger partial charge in [0.05, 0.1) is 0 Å². The molecule has 0 N–H and O–H groups in total. The van der Waals surface area contributed by atoms with E-state index >= 15 is 0 Å². The minimum Gasteiger partial charge on any atom is -0.462 e. The Hall–Kier alpha value is -5.23. The second kappa shape index (κ2) is 63.3. The maximum Gasteiger partial charge on any atom is 0.306 e. The van der Waals surface area contributed by atoms with E-state index in [9.17, 15) is 14.4 Å². The van der Waals surface area contributed by atoms with Crippen LogP contribution in [0.2, 0.25) is 0 Å².